The Hall–Kier alpha value is -1.31. The third-order valence-corrected chi connectivity index (χ3v) is 5.82. The highest BCUT2D eigenvalue weighted by Gasteiger charge is 2.59. The minimum absolute atomic E-state index is 0.263. The van der Waals surface area contributed by atoms with E-state index in [2.05, 4.69) is 25.8 Å². The van der Waals surface area contributed by atoms with Crippen molar-refractivity contribution in [2.24, 2.45) is 22.5 Å². The van der Waals surface area contributed by atoms with Crippen LogP contribution < -0.4 is 5.73 Å². The van der Waals surface area contributed by atoms with Crippen LogP contribution in [0.5, 0.6) is 0 Å². The summed E-state index contributed by atoms with van der Waals surface area (Å²) in [7, 11) is 0. The number of hydrogen-bond donors (Lipinski definition) is 1. The van der Waals surface area contributed by atoms with E-state index >= 15 is 0 Å². The van der Waals surface area contributed by atoms with Gasteiger partial charge in [0.25, 0.3) is 0 Å². The fraction of sp³-hybridized carbons (Fsp3) is 0.562. The van der Waals surface area contributed by atoms with Crippen molar-refractivity contribution in [2.45, 2.75) is 40.0 Å². The molecule has 96 valence electrons. The fourth-order valence-corrected chi connectivity index (χ4v) is 4.05. The molecule has 2 N–H and O–H groups in total. The molecule has 1 aromatic heterocycles. The van der Waals surface area contributed by atoms with E-state index in [9.17, 15) is 0 Å². The molecule has 0 amide bonds. The zero-order chi connectivity index (χ0) is 13.0. The zero-order valence-electron chi connectivity index (χ0n) is 11.5. The maximum Gasteiger partial charge on any atom is 0.0858 e. The van der Waals surface area contributed by atoms with Gasteiger partial charge in [-0.05, 0) is 53.7 Å². The molecule has 0 aliphatic heterocycles. The molecule has 1 unspecified atom stereocenters. The lowest BCUT2D eigenvalue weighted by atomic mass is 9.68. The second-order valence-electron chi connectivity index (χ2n) is 6.60. The van der Waals surface area contributed by atoms with E-state index in [-0.39, 0.29) is 5.41 Å². The molecule has 0 radical (unpaired) electrons. The predicted octanol–water partition coefficient (Wildman–Crippen LogP) is 3.60. The Bertz CT molecular complexity index is 501. The average molecular weight is 242 g/mol. The lowest BCUT2D eigenvalue weighted by molar-refractivity contribution is 0.179. The lowest BCUT2D eigenvalue weighted by Crippen LogP contribution is -2.29. The summed E-state index contributed by atoms with van der Waals surface area (Å²) in [4.78, 5) is 4.40. The van der Waals surface area contributed by atoms with Gasteiger partial charge in [-0.25, -0.2) is 0 Å². The van der Waals surface area contributed by atoms with Crippen molar-refractivity contribution < 1.29 is 0 Å². The Kier molecular flexibility index (Phi) is 2.35. The van der Waals surface area contributed by atoms with Gasteiger partial charge in [-0.2, -0.15) is 0 Å². The number of pyridine rings is 1. The number of fused-ring (bicyclic) bond motifs is 2. The minimum atomic E-state index is 0.263. The van der Waals surface area contributed by atoms with Crippen LogP contribution in [0.3, 0.4) is 0 Å². The number of nitrogens with zero attached hydrogens (tertiary/aromatic N) is 1. The van der Waals surface area contributed by atoms with Crippen molar-refractivity contribution in [3.05, 3.63) is 35.7 Å². The van der Waals surface area contributed by atoms with Crippen molar-refractivity contribution in [1.82, 2.24) is 4.98 Å². The highest BCUT2D eigenvalue weighted by Crippen LogP contribution is 2.68. The van der Waals surface area contributed by atoms with Crippen LogP contribution in [0, 0.1) is 16.7 Å². The molecule has 0 aromatic carbocycles. The standard InChI is InChI=1S/C16H22N2/c1-15(2)11-7-8-16(15,3)12(10-11)14(17)13-6-4-5-9-18-13/h4-6,9,11H,7-8,10,17H2,1-3H3/b14-12-/t11?,16-/m0/s1. The van der Waals surface area contributed by atoms with E-state index in [1.165, 1.54) is 18.4 Å². The SMILES string of the molecule is CC1(C)C2CC[C@@]1(C)/C(=C(\N)c1ccccn1)C2. The van der Waals surface area contributed by atoms with E-state index in [1.807, 2.05) is 24.4 Å². The average Bonchev–Trinajstić information content (AvgIpc) is 2.71. The number of nitrogens with two attached hydrogens (primary N) is 1. The van der Waals surface area contributed by atoms with Gasteiger partial charge in [0.05, 0.1) is 11.4 Å². The Morgan fingerprint density at radius 3 is 2.61 bits per heavy atom. The van der Waals surface area contributed by atoms with Crippen LogP contribution in [-0.4, -0.2) is 4.98 Å². The largest absolute Gasteiger partial charge is 0.397 e. The highest BCUT2D eigenvalue weighted by atomic mass is 14.8. The molecule has 2 bridgehead atoms. The molecule has 1 heterocycles. The molecule has 0 spiro atoms. The van der Waals surface area contributed by atoms with Crippen LogP contribution in [0.25, 0.3) is 5.70 Å². The number of allylic oxidation sites excluding steroid dienone is 1. The first-order chi connectivity index (χ1) is 8.47. The van der Waals surface area contributed by atoms with Crippen LogP contribution >= 0.6 is 0 Å². The van der Waals surface area contributed by atoms with Gasteiger partial charge < -0.3 is 5.73 Å². The van der Waals surface area contributed by atoms with Crippen molar-refractivity contribution in [2.75, 3.05) is 0 Å². The van der Waals surface area contributed by atoms with Crippen LogP contribution in [0.15, 0.2) is 30.0 Å². The van der Waals surface area contributed by atoms with E-state index in [0.717, 1.165) is 23.7 Å². The highest BCUT2D eigenvalue weighted by molar-refractivity contribution is 5.66. The second-order valence-corrected chi connectivity index (χ2v) is 6.60. The summed E-state index contributed by atoms with van der Waals surface area (Å²) in [5.74, 6) is 0.791. The van der Waals surface area contributed by atoms with Crippen LogP contribution in [0.2, 0.25) is 0 Å². The molecule has 2 nitrogen and oxygen atoms in total. The molecule has 3 rings (SSSR count). The van der Waals surface area contributed by atoms with Crippen molar-refractivity contribution in [3.63, 3.8) is 0 Å². The first-order valence-electron chi connectivity index (χ1n) is 6.87. The van der Waals surface area contributed by atoms with Gasteiger partial charge in [0.1, 0.15) is 0 Å². The van der Waals surface area contributed by atoms with Crippen LogP contribution in [0.1, 0.15) is 45.7 Å². The van der Waals surface area contributed by atoms with Crippen LogP contribution in [-0.2, 0) is 0 Å². The summed E-state index contributed by atoms with van der Waals surface area (Å²) >= 11 is 0. The summed E-state index contributed by atoms with van der Waals surface area (Å²) in [6.07, 6.45) is 5.60. The number of hydrogen-bond acceptors (Lipinski definition) is 2. The van der Waals surface area contributed by atoms with Crippen LogP contribution in [0.4, 0.5) is 0 Å². The molecule has 2 fully saturated rings. The Balaban J connectivity index is 2.10. The Labute approximate surface area is 109 Å². The van der Waals surface area contributed by atoms with Crippen molar-refractivity contribution in [3.8, 4) is 0 Å². The smallest absolute Gasteiger partial charge is 0.0858 e. The first kappa shape index (κ1) is 11.8. The van der Waals surface area contributed by atoms with Gasteiger partial charge in [0.15, 0.2) is 0 Å². The normalized spacial score (nSPS) is 35.8. The molecular formula is C16H22N2. The summed E-state index contributed by atoms with van der Waals surface area (Å²) in [5.41, 5.74) is 10.4. The summed E-state index contributed by atoms with van der Waals surface area (Å²) < 4.78 is 0. The molecule has 2 heteroatoms. The molecule has 2 aliphatic rings. The molecule has 2 atom stereocenters. The number of rotatable bonds is 1. The van der Waals surface area contributed by atoms with E-state index in [0.29, 0.717) is 5.41 Å². The molecule has 1 aromatic rings. The van der Waals surface area contributed by atoms with Gasteiger partial charge in [-0.15, -0.1) is 0 Å². The monoisotopic (exact) mass is 242 g/mol. The maximum absolute atomic E-state index is 6.41. The van der Waals surface area contributed by atoms with Gasteiger partial charge in [-0.3, -0.25) is 4.98 Å². The predicted molar refractivity (Wildman–Crippen MR) is 74.6 cm³/mol. The van der Waals surface area contributed by atoms with Gasteiger partial charge in [0, 0.05) is 6.20 Å². The zero-order valence-corrected chi connectivity index (χ0v) is 11.5. The molecular weight excluding hydrogens is 220 g/mol. The molecule has 18 heavy (non-hydrogen) atoms. The Morgan fingerprint density at radius 2 is 2.11 bits per heavy atom. The summed E-state index contributed by atoms with van der Waals surface area (Å²) in [6, 6.07) is 5.97. The molecule has 0 saturated heterocycles. The minimum Gasteiger partial charge on any atom is -0.397 e. The fourth-order valence-electron chi connectivity index (χ4n) is 4.05. The summed E-state index contributed by atoms with van der Waals surface area (Å²) in [6.45, 7) is 7.21. The molecule has 2 saturated carbocycles. The second kappa shape index (κ2) is 3.59. The number of aromatic nitrogens is 1. The van der Waals surface area contributed by atoms with Crippen molar-refractivity contribution in [1.29, 1.82) is 0 Å². The van der Waals surface area contributed by atoms with Gasteiger partial charge in [-0.1, -0.05) is 26.8 Å². The van der Waals surface area contributed by atoms with E-state index in [1.54, 1.807) is 0 Å². The van der Waals surface area contributed by atoms with Gasteiger partial charge in [0.2, 0.25) is 0 Å². The van der Waals surface area contributed by atoms with E-state index < -0.39 is 0 Å². The van der Waals surface area contributed by atoms with Gasteiger partial charge >= 0.3 is 0 Å². The lowest BCUT2D eigenvalue weighted by Gasteiger charge is -2.36. The topological polar surface area (TPSA) is 38.9 Å². The third-order valence-electron chi connectivity index (χ3n) is 5.82. The maximum atomic E-state index is 6.41. The first-order valence-corrected chi connectivity index (χ1v) is 6.87. The third kappa shape index (κ3) is 1.32. The quantitative estimate of drug-likeness (QED) is 0.817. The Morgan fingerprint density at radius 1 is 1.33 bits per heavy atom. The van der Waals surface area contributed by atoms with E-state index in [4.69, 9.17) is 5.73 Å². The molecule has 2 aliphatic carbocycles. The summed E-state index contributed by atoms with van der Waals surface area (Å²) in [5, 5.41) is 0. The van der Waals surface area contributed by atoms with Crippen molar-refractivity contribution >= 4 is 5.70 Å².